The maximum absolute atomic E-state index is 11.0. The van der Waals surface area contributed by atoms with E-state index in [-0.39, 0.29) is 18.3 Å². The molecule has 1 aliphatic heterocycles. The average Bonchev–Trinajstić information content (AvgIpc) is 2.77. The van der Waals surface area contributed by atoms with Crippen LogP contribution in [0.25, 0.3) is 0 Å². The molecule has 1 aromatic rings. The highest BCUT2D eigenvalue weighted by Gasteiger charge is 2.25. The van der Waals surface area contributed by atoms with Crippen LogP contribution in [0.5, 0.6) is 0 Å². The van der Waals surface area contributed by atoms with Gasteiger partial charge in [-0.15, -0.1) is 0 Å². The maximum Gasteiger partial charge on any atom is 0.267 e. The average molecular weight is 221 g/mol. The molecule has 1 unspecified atom stereocenters. The van der Waals surface area contributed by atoms with Crippen LogP contribution in [0.3, 0.4) is 0 Å². The van der Waals surface area contributed by atoms with Crippen LogP contribution >= 0.6 is 0 Å². The fourth-order valence-electron chi connectivity index (χ4n) is 2.05. The number of aliphatic hydroxyl groups excluding tert-OH is 1. The van der Waals surface area contributed by atoms with E-state index in [1.807, 2.05) is 11.0 Å². The molecule has 3 N–H and O–H groups in total. The summed E-state index contributed by atoms with van der Waals surface area (Å²) < 4.78 is 0. The summed E-state index contributed by atoms with van der Waals surface area (Å²) in [5.74, 6) is 0.189. The number of aliphatic hydroxyl groups is 1. The summed E-state index contributed by atoms with van der Waals surface area (Å²) in [6.45, 7) is 0.975. The largest absolute Gasteiger partial charge is 0.394 e. The Labute approximate surface area is 93.9 Å². The Morgan fingerprint density at radius 1 is 1.62 bits per heavy atom. The first kappa shape index (κ1) is 10.9. The lowest BCUT2D eigenvalue weighted by Gasteiger charge is -2.24. The SMILES string of the molecule is NC(=O)c1cccc(N2CCCC2CO)n1. The van der Waals surface area contributed by atoms with Crippen LogP contribution in [0, 0.1) is 0 Å². The van der Waals surface area contributed by atoms with Gasteiger partial charge in [-0.25, -0.2) is 4.98 Å². The van der Waals surface area contributed by atoms with Gasteiger partial charge in [0.2, 0.25) is 0 Å². The fourth-order valence-corrected chi connectivity index (χ4v) is 2.05. The van der Waals surface area contributed by atoms with Gasteiger partial charge in [0.1, 0.15) is 11.5 Å². The summed E-state index contributed by atoms with van der Waals surface area (Å²) in [6, 6.07) is 5.29. The van der Waals surface area contributed by atoms with E-state index in [2.05, 4.69) is 4.98 Å². The number of nitrogens with two attached hydrogens (primary N) is 1. The van der Waals surface area contributed by atoms with E-state index in [4.69, 9.17) is 5.73 Å². The minimum absolute atomic E-state index is 0.107. The standard InChI is InChI=1S/C11H15N3O2/c12-11(16)9-4-1-5-10(13-9)14-6-2-3-8(14)7-15/h1,4-5,8,15H,2-3,6-7H2,(H2,12,16). The molecule has 0 aliphatic carbocycles. The van der Waals surface area contributed by atoms with Crippen LogP contribution in [0.2, 0.25) is 0 Å². The second-order valence-corrected chi connectivity index (χ2v) is 3.92. The highest BCUT2D eigenvalue weighted by atomic mass is 16.3. The Balaban J connectivity index is 2.26. The van der Waals surface area contributed by atoms with Crippen molar-refractivity contribution in [3.05, 3.63) is 23.9 Å². The molecule has 1 atom stereocenters. The molecule has 2 heterocycles. The summed E-state index contributed by atoms with van der Waals surface area (Å²) in [7, 11) is 0. The van der Waals surface area contributed by atoms with Crippen molar-refractivity contribution in [3.8, 4) is 0 Å². The molecule has 0 radical (unpaired) electrons. The predicted octanol–water partition coefficient (Wildman–Crippen LogP) is 0.142. The Morgan fingerprint density at radius 3 is 3.12 bits per heavy atom. The van der Waals surface area contributed by atoms with Crippen molar-refractivity contribution in [3.63, 3.8) is 0 Å². The number of amides is 1. The van der Waals surface area contributed by atoms with E-state index in [1.165, 1.54) is 0 Å². The second-order valence-electron chi connectivity index (χ2n) is 3.92. The van der Waals surface area contributed by atoms with Gasteiger partial charge in [0.15, 0.2) is 0 Å². The van der Waals surface area contributed by atoms with Gasteiger partial charge >= 0.3 is 0 Å². The molecule has 86 valence electrons. The summed E-state index contributed by atoms with van der Waals surface area (Å²) in [5.41, 5.74) is 5.44. The summed E-state index contributed by atoms with van der Waals surface area (Å²) in [4.78, 5) is 17.2. The van der Waals surface area contributed by atoms with Crippen LogP contribution in [0.1, 0.15) is 23.3 Å². The molecule has 1 aliphatic rings. The first-order valence-corrected chi connectivity index (χ1v) is 5.36. The molecule has 5 heteroatoms. The molecule has 5 nitrogen and oxygen atoms in total. The number of aromatic nitrogens is 1. The van der Waals surface area contributed by atoms with Gasteiger partial charge in [-0.3, -0.25) is 4.79 Å². The molecule has 0 bridgehead atoms. The lowest BCUT2D eigenvalue weighted by Crippen LogP contribution is -2.33. The number of carbonyl (C=O) groups excluding carboxylic acids is 1. The van der Waals surface area contributed by atoms with E-state index >= 15 is 0 Å². The fraction of sp³-hybridized carbons (Fsp3) is 0.455. The van der Waals surface area contributed by atoms with E-state index < -0.39 is 5.91 Å². The lowest BCUT2D eigenvalue weighted by molar-refractivity contribution is 0.0995. The molecule has 1 fully saturated rings. The highest BCUT2D eigenvalue weighted by Crippen LogP contribution is 2.23. The van der Waals surface area contributed by atoms with Crippen molar-refractivity contribution in [1.29, 1.82) is 0 Å². The number of carbonyl (C=O) groups is 1. The van der Waals surface area contributed by atoms with Gasteiger partial charge in [0.05, 0.1) is 12.6 Å². The third-order valence-corrected chi connectivity index (χ3v) is 2.87. The number of hydrogen-bond acceptors (Lipinski definition) is 4. The van der Waals surface area contributed by atoms with E-state index in [0.717, 1.165) is 19.4 Å². The Morgan fingerprint density at radius 2 is 2.44 bits per heavy atom. The molecule has 16 heavy (non-hydrogen) atoms. The zero-order valence-corrected chi connectivity index (χ0v) is 8.97. The smallest absolute Gasteiger partial charge is 0.267 e. The summed E-state index contributed by atoms with van der Waals surface area (Å²) in [6.07, 6.45) is 1.99. The van der Waals surface area contributed by atoms with E-state index in [1.54, 1.807) is 12.1 Å². The van der Waals surface area contributed by atoms with Crippen molar-refractivity contribution >= 4 is 11.7 Å². The minimum atomic E-state index is -0.526. The Kier molecular flexibility index (Phi) is 3.05. The van der Waals surface area contributed by atoms with Crippen molar-refractivity contribution in [1.82, 2.24) is 4.98 Å². The molecular formula is C11H15N3O2. The van der Waals surface area contributed by atoms with Crippen molar-refractivity contribution in [2.45, 2.75) is 18.9 Å². The monoisotopic (exact) mass is 221 g/mol. The topological polar surface area (TPSA) is 79.5 Å². The first-order chi connectivity index (χ1) is 7.72. The lowest BCUT2D eigenvalue weighted by atomic mass is 10.2. The van der Waals surface area contributed by atoms with Crippen LogP contribution < -0.4 is 10.6 Å². The normalized spacial score (nSPS) is 20.1. The molecule has 0 spiro atoms. The zero-order valence-electron chi connectivity index (χ0n) is 8.97. The number of primary amides is 1. The van der Waals surface area contributed by atoms with E-state index in [0.29, 0.717) is 5.82 Å². The van der Waals surface area contributed by atoms with Crippen molar-refractivity contribution < 1.29 is 9.90 Å². The quantitative estimate of drug-likeness (QED) is 0.761. The third-order valence-electron chi connectivity index (χ3n) is 2.87. The number of hydrogen-bond donors (Lipinski definition) is 2. The summed E-state index contributed by atoms with van der Waals surface area (Å²) >= 11 is 0. The van der Waals surface area contributed by atoms with Gasteiger partial charge in [-0.1, -0.05) is 6.07 Å². The van der Waals surface area contributed by atoms with Crippen LogP contribution in [0.15, 0.2) is 18.2 Å². The molecule has 1 saturated heterocycles. The first-order valence-electron chi connectivity index (χ1n) is 5.36. The van der Waals surface area contributed by atoms with Gasteiger partial charge < -0.3 is 15.7 Å². The maximum atomic E-state index is 11.0. The Bertz CT molecular complexity index is 395. The second kappa shape index (κ2) is 4.49. The molecule has 1 aromatic heterocycles. The third kappa shape index (κ3) is 1.99. The van der Waals surface area contributed by atoms with Gasteiger partial charge in [-0.05, 0) is 25.0 Å². The van der Waals surface area contributed by atoms with Gasteiger partial charge in [-0.2, -0.15) is 0 Å². The molecule has 0 saturated carbocycles. The molecule has 1 amide bonds. The Hall–Kier alpha value is -1.62. The van der Waals surface area contributed by atoms with Crippen molar-refractivity contribution in [2.24, 2.45) is 5.73 Å². The summed E-state index contributed by atoms with van der Waals surface area (Å²) in [5, 5.41) is 9.22. The highest BCUT2D eigenvalue weighted by molar-refractivity contribution is 5.91. The molecular weight excluding hydrogens is 206 g/mol. The van der Waals surface area contributed by atoms with Crippen molar-refractivity contribution in [2.75, 3.05) is 18.1 Å². The van der Waals surface area contributed by atoms with Crippen LogP contribution in [0.4, 0.5) is 5.82 Å². The van der Waals surface area contributed by atoms with E-state index in [9.17, 15) is 9.90 Å². The number of pyridine rings is 1. The zero-order chi connectivity index (χ0) is 11.5. The van der Waals surface area contributed by atoms with Gasteiger partial charge in [0.25, 0.3) is 5.91 Å². The minimum Gasteiger partial charge on any atom is -0.394 e. The van der Waals surface area contributed by atoms with Crippen LogP contribution in [-0.2, 0) is 0 Å². The number of anilines is 1. The predicted molar refractivity (Wildman–Crippen MR) is 60.2 cm³/mol. The molecule has 2 rings (SSSR count). The number of nitrogens with zero attached hydrogens (tertiary/aromatic N) is 2. The van der Waals surface area contributed by atoms with Gasteiger partial charge in [0, 0.05) is 6.54 Å². The van der Waals surface area contributed by atoms with Crippen LogP contribution in [-0.4, -0.2) is 35.2 Å². The molecule has 0 aromatic carbocycles. The number of rotatable bonds is 3.